The Labute approximate surface area is 158 Å². The lowest BCUT2D eigenvalue weighted by Gasteiger charge is -2.22. The Balaban J connectivity index is 1.61. The van der Waals surface area contributed by atoms with E-state index >= 15 is 0 Å². The van der Waals surface area contributed by atoms with Crippen LogP contribution in [0.1, 0.15) is 23.0 Å². The number of hydrogen-bond acceptors (Lipinski definition) is 3. The van der Waals surface area contributed by atoms with Crippen LogP contribution in [-0.2, 0) is 6.42 Å². The molecule has 1 aromatic heterocycles. The van der Waals surface area contributed by atoms with E-state index in [9.17, 15) is 9.18 Å². The number of anilines is 2. The number of hydrogen-bond donors (Lipinski definition) is 1. The monoisotopic (exact) mass is 363 g/mol. The first-order chi connectivity index (χ1) is 13.2. The van der Waals surface area contributed by atoms with Crippen LogP contribution in [0.15, 0.2) is 72.9 Å². The van der Waals surface area contributed by atoms with Gasteiger partial charge in [0.15, 0.2) is 0 Å². The molecular formula is C22H22FN3O. The van der Waals surface area contributed by atoms with Gasteiger partial charge in [-0.1, -0.05) is 36.4 Å². The quantitative estimate of drug-likeness (QED) is 0.679. The average Bonchev–Trinajstić information content (AvgIpc) is 2.71. The first-order valence-electron chi connectivity index (χ1n) is 8.99. The summed E-state index contributed by atoms with van der Waals surface area (Å²) in [5.74, 6) is -0.518. The van der Waals surface area contributed by atoms with Crippen LogP contribution in [0.2, 0.25) is 0 Å². The van der Waals surface area contributed by atoms with E-state index in [1.165, 1.54) is 6.07 Å². The number of carbonyl (C=O) groups is 1. The molecule has 0 atom stereocenters. The molecule has 0 saturated carbocycles. The van der Waals surface area contributed by atoms with Crippen molar-refractivity contribution in [2.45, 2.75) is 13.3 Å². The second-order valence-corrected chi connectivity index (χ2v) is 6.08. The lowest BCUT2D eigenvalue weighted by atomic mass is 10.1. The van der Waals surface area contributed by atoms with Gasteiger partial charge in [-0.05, 0) is 49.2 Å². The van der Waals surface area contributed by atoms with Crippen LogP contribution >= 0.6 is 0 Å². The molecule has 0 unspecified atom stereocenters. The number of pyridine rings is 1. The molecule has 3 aromatic rings. The van der Waals surface area contributed by atoms with Crippen LogP contribution in [-0.4, -0.2) is 24.0 Å². The Kier molecular flexibility index (Phi) is 6.15. The van der Waals surface area contributed by atoms with Crippen molar-refractivity contribution in [3.8, 4) is 0 Å². The number of nitrogens with one attached hydrogen (secondary N) is 1. The molecule has 3 rings (SSSR count). The Bertz CT molecular complexity index is 882. The minimum atomic E-state index is -0.263. The van der Waals surface area contributed by atoms with Gasteiger partial charge in [-0.25, -0.2) is 9.37 Å². The van der Waals surface area contributed by atoms with Crippen LogP contribution in [0.5, 0.6) is 0 Å². The zero-order chi connectivity index (χ0) is 19.1. The lowest BCUT2D eigenvalue weighted by Crippen LogP contribution is -2.27. The van der Waals surface area contributed by atoms with Gasteiger partial charge in [-0.15, -0.1) is 0 Å². The van der Waals surface area contributed by atoms with E-state index in [1.54, 1.807) is 30.5 Å². The Morgan fingerprint density at radius 3 is 2.41 bits per heavy atom. The van der Waals surface area contributed by atoms with Crippen molar-refractivity contribution in [2.75, 3.05) is 18.0 Å². The number of nitrogens with zero attached hydrogens (tertiary/aromatic N) is 2. The first-order valence-corrected chi connectivity index (χ1v) is 8.99. The van der Waals surface area contributed by atoms with E-state index in [0.717, 1.165) is 17.9 Å². The second kappa shape index (κ2) is 8.94. The number of rotatable bonds is 7. The maximum Gasteiger partial charge on any atom is 0.269 e. The van der Waals surface area contributed by atoms with Crippen molar-refractivity contribution < 1.29 is 9.18 Å². The van der Waals surface area contributed by atoms with E-state index in [2.05, 4.69) is 22.1 Å². The summed E-state index contributed by atoms with van der Waals surface area (Å²) < 4.78 is 13.6. The van der Waals surface area contributed by atoms with Gasteiger partial charge in [0.1, 0.15) is 11.5 Å². The highest BCUT2D eigenvalue weighted by molar-refractivity contribution is 5.92. The third-order valence-electron chi connectivity index (χ3n) is 4.31. The largest absolute Gasteiger partial charge is 0.350 e. The van der Waals surface area contributed by atoms with Gasteiger partial charge < -0.3 is 10.2 Å². The molecule has 0 bridgehead atoms. The molecule has 27 heavy (non-hydrogen) atoms. The van der Waals surface area contributed by atoms with Crippen molar-refractivity contribution in [3.63, 3.8) is 0 Å². The van der Waals surface area contributed by atoms with Gasteiger partial charge in [0.25, 0.3) is 5.91 Å². The third-order valence-corrected chi connectivity index (χ3v) is 4.31. The highest BCUT2D eigenvalue weighted by Gasteiger charge is 2.11. The number of carbonyl (C=O) groups excluding carboxylic acids is 1. The van der Waals surface area contributed by atoms with Crippen LogP contribution < -0.4 is 10.2 Å². The molecule has 0 spiro atoms. The zero-order valence-electron chi connectivity index (χ0n) is 15.2. The fraction of sp³-hybridized carbons (Fsp3) is 0.182. The number of aromatic nitrogens is 1. The number of benzene rings is 2. The van der Waals surface area contributed by atoms with E-state index < -0.39 is 0 Å². The minimum Gasteiger partial charge on any atom is -0.350 e. The highest BCUT2D eigenvalue weighted by atomic mass is 19.1. The Morgan fingerprint density at radius 2 is 1.74 bits per heavy atom. The summed E-state index contributed by atoms with van der Waals surface area (Å²) in [5, 5.41) is 2.79. The van der Waals surface area contributed by atoms with Gasteiger partial charge in [-0.2, -0.15) is 0 Å². The summed E-state index contributed by atoms with van der Waals surface area (Å²) in [6.45, 7) is 3.21. The summed E-state index contributed by atoms with van der Waals surface area (Å²) >= 11 is 0. The van der Waals surface area contributed by atoms with Gasteiger partial charge >= 0.3 is 0 Å². The molecule has 2 aromatic carbocycles. The number of amides is 1. The Morgan fingerprint density at radius 1 is 1.00 bits per heavy atom. The van der Waals surface area contributed by atoms with Gasteiger partial charge in [0, 0.05) is 18.8 Å². The van der Waals surface area contributed by atoms with Crippen LogP contribution in [0.3, 0.4) is 0 Å². The molecule has 0 radical (unpaired) electrons. The van der Waals surface area contributed by atoms with Crippen molar-refractivity contribution in [3.05, 3.63) is 90.0 Å². The Hall–Kier alpha value is -3.21. The predicted octanol–water partition coefficient (Wildman–Crippen LogP) is 4.35. The smallest absolute Gasteiger partial charge is 0.269 e. The highest BCUT2D eigenvalue weighted by Crippen LogP contribution is 2.23. The topological polar surface area (TPSA) is 45.2 Å². The van der Waals surface area contributed by atoms with Crippen molar-refractivity contribution in [2.24, 2.45) is 0 Å². The van der Waals surface area contributed by atoms with Crippen LogP contribution in [0, 0.1) is 5.82 Å². The molecule has 4 nitrogen and oxygen atoms in total. The summed E-state index contributed by atoms with van der Waals surface area (Å²) in [7, 11) is 0. The summed E-state index contributed by atoms with van der Waals surface area (Å²) in [5.41, 5.74) is 2.93. The summed E-state index contributed by atoms with van der Waals surface area (Å²) in [6.07, 6.45) is 2.14. The van der Waals surface area contributed by atoms with E-state index in [1.807, 2.05) is 36.4 Å². The number of halogens is 1. The van der Waals surface area contributed by atoms with Crippen molar-refractivity contribution in [1.82, 2.24) is 10.3 Å². The molecule has 5 heteroatoms. The second-order valence-electron chi connectivity index (χ2n) is 6.08. The molecule has 1 N–H and O–H groups in total. The lowest BCUT2D eigenvalue weighted by molar-refractivity contribution is 0.0949. The third kappa shape index (κ3) is 4.70. The molecule has 0 saturated heterocycles. The van der Waals surface area contributed by atoms with Gasteiger partial charge in [0.05, 0.1) is 11.9 Å². The standard InChI is InChI=1S/C22H22FN3O/c1-2-26(18-9-4-3-5-10-18)19-12-13-21(25-16-19)22(27)24-15-14-17-8-6-7-11-20(17)23/h3-13,16H,2,14-15H2,1H3,(H,24,27). The molecule has 0 aliphatic carbocycles. The number of para-hydroxylation sites is 1. The molecule has 0 fully saturated rings. The van der Waals surface area contributed by atoms with Crippen molar-refractivity contribution in [1.29, 1.82) is 0 Å². The zero-order valence-corrected chi connectivity index (χ0v) is 15.2. The molecular weight excluding hydrogens is 341 g/mol. The summed E-state index contributed by atoms with van der Waals surface area (Å²) in [6, 6.07) is 20.2. The van der Waals surface area contributed by atoms with Crippen LogP contribution in [0.4, 0.5) is 15.8 Å². The molecule has 1 heterocycles. The normalized spacial score (nSPS) is 10.4. The maximum atomic E-state index is 13.6. The van der Waals surface area contributed by atoms with E-state index in [0.29, 0.717) is 24.2 Å². The minimum absolute atomic E-state index is 0.255. The fourth-order valence-electron chi connectivity index (χ4n) is 2.90. The van der Waals surface area contributed by atoms with E-state index in [4.69, 9.17) is 0 Å². The fourth-order valence-corrected chi connectivity index (χ4v) is 2.90. The molecule has 138 valence electrons. The van der Waals surface area contributed by atoms with Crippen molar-refractivity contribution >= 4 is 17.3 Å². The average molecular weight is 363 g/mol. The maximum absolute atomic E-state index is 13.6. The molecule has 0 aliphatic rings. The van der Waals surface area contributed by atoms with E-state index in [-0.39, 0.29) is 11.7 Å². The van der Waals surface area contributed by atoms with Gasteiger partial charge in [0.2, 0.25) is 0 Å². The molecule has 1 amide bonds. The first kappa shape index (κ1) is 18.6. The SMILES string of the molecule is CCN(c1ccccc1)c1ccc(C(=O)NCCc2ccccc2F)nc1. The summed E-state index contributed by atoms with van der Waals surface area (Å²) in [4.78, 5) is 18.7. The molecule has 0 aliphatic heterocycles. The van der Waals surface area contributed by atoms with Crippen LogP contribution in [0.25, 0.3) is 0 Å². The predicted molar refractivity (Wildman–Crippen MR) is 106 cm³/mol. The van der Waals surface area contributed by atoms with Gasteiger partial charge in [-0.3, -0.25) is 4.79 Å².